The normalized spacial score (nSPS) is 15.3. The maximum atomic E-state index is 11.7. The third kappa shape index (κ3) is 3.61. The Morgan fingerprint density at radius 2 is 2.00 bits per heavy atom. The number of carbonyl (C=O) groups excluding carboxylic acids is 1. The van der Waals surface area contributed by atoms with Gasteiger partial charge in [-0.05, 0) is 31.5 Å². The highest BCUT2D eigenvalue weighted by atomic mass is 16.7. The first-order valence-corrected chi connectivity index (χ1v) is 6.52. The number of ether oxygens (including phenoxy) is 2. The fourth-order valence-electron chi connectivity index (χ4n) is 1.95. The van der Waals surface area contributed by atoms with Gasteiger partial charge in [0.05, 0.1) is 0 Å². The van der Waals surface area contributed by atoms with Gasteiger partial charge in [0.15, 0.2) is 11.5 Å². The third-order valence-electron chi connectivity index (χ3n) is 2.80. The number of hydrogen-bond donors (Lipinski definition) is 2. The molecule has 104 valence electrons. The lowest BCUT2D eigenvalue weighted by Crippen LogP contribution is -2.29. The van der Waals surface area contributed by atoms with Crippen LogP contribution in [0.3, 0.4) is 0 Å². The van der Waals surface area contributed by atoms with E-state index in [2.05, 4.69) is 5.32 Å². The minimum Gasteiger partial charge on any atom is -0.449 e. The van der Waals surface area contributed by atoms with Crippen molar-refractivity contribution in [2.45, 2.75) is 38.9 Å². The Bertz CT molecular complexity index is 472. The number of unbranched alkanes of at least 4 members (excludes halogenated alkanes) is 1. The van der Waals surface area contributed by atoms with E-state index in [1.54, 1.807) is 12.1 Å². The number of carbonyl (C=O) groups is 1. The van der Waals surface area contributed by atoms with Gasteiger partial charge in [0.1, 0.15) is 0 Å². The molecule has 0 aromatic heterocycles. The van der Waals surface area contributed by atoms with E-state index in [1.807, 2.05) is 19.9 Å². The number of nitrogens with one attached hydrogen (secondary N) is 1. The average Bonchev–Trinajstić information content (AvgIpc) is 2.62. The summed E-state index contributed by atoms with van der Waals surface area (Å²) >= 11 is 0. The van der Waals surface area contributed by atoms with Crippen LogP contribution in [0, 0.1) is 0 Å². The minimum absolute atomic E-state index is 0.00780. The summed E-state index contributed by atoms with van der Waals surface area (Å²) in [6.45, 7) is 4.31. The van der Waals surface area contributed by atoms with E-state index < -0.39 is 5.79 Å². The van der Waals surface area contributed by atoms with E-state index in [0.29, 0.717) is 24.5 Å². The predicted molar refractivity (Wildman–Crippen MR) is 73.3 cm³/mol. The molecule has 0 spiro atoms. The van der Waals surface area contributed by atoms with Crippen molar-refractivity contribution >= 4 is 11.6 Å². The van der Waals surface area contributed by atoms with Crippen LogP contribution in [0.2, 0.25) is 0 Å². The maximum Gasteiger partial charge on any atom is 0.246 e. The average molecular weight is 264 g/mol. The number of anilines is 1. The Morgan fingerprint density at radius 1 is 1.26 bits per heavy atom. The molecule has 0 radical (unpaired) electrons. The summed E-state index contributed by atoms with van der Waals surface area (Å²) in [7, 11) is 0. The molecule has 5 heteroatoms. The van der Waals surface area contributed by atoms with E-state index in [-0.39, 0.29) is 5.91 Å². The van der Waals surface area contributed by atoms with Crippen molar-refractivity contribution in [3.63, 3.8) is 0 Å². The molecular formula is C14H20N2O3. The van der Waals surface area contributed by atoms with Crippen molar-refractivity contribution in [2.75, 3.05) is 11.9 Å². The highest BCUT2D eigenvalue weighted by molar-refractivity contribution is 5.91. The van der Waals surface area contributed by atoms with Crippen molar-refractivity contribution in [3.05, 3.63) is 18.2 Å². The van der Waals surface area contributed by atoms with Crippen LogP contribution < -0.4 is 20.5 Å². The topological polar surface area (TPSA) is 73.6 Å². The number of hydrogen-bond acceptors (Lipinski definition) is 4. The molecule has 1 aliphatic heterocycles. The lowest BCUT2D eigenvalue weighted by molar-refractivity contribution is -0.116. The summed E-state index contributed by atoms with van der Waals surface area (Å²) in [6.07, 6.45) is 2.15. The monoisotopic (exact) mass is 264 g/mol. The zero-order valence-electron chi connectivity index (χ0n) is 11.4. The van der Waals surface area contributed by atoms with Crippen molar-refractivity contribution in [3.8, 4) is 11.5 Å². The first kappa shape index (κ1) is 13.7. The van der Waals surface area contributed by atoms with Crippen molar-refractivity contribution in [1.82, 2.24) is 0 Å². The predicted octanol–water partition coefficient (Wildman–Crippen LogP) is 2.26. The number of nitrogens with two attached hydrogens (primary N) is 1. The van der Waals surface area contributed by atoms with E-state index in [4.69, 9.17) is 15.2 Å². The van der Waals surface area contributed by atoms with Crippen LogP contribution in [-0.4, -0.2) is 18.2 Å². The molecule has 2 rings (SSSR count). The van der Waals surface area contributed by atoms with Gasteiger partial charge in [0, 0.05) is 32.0 Å². The van der Waals surface area contributed by atoms with Crippen molar-refractivity contribution in [1.29, 1.82) is 0 Å². The Hall–Kier alpha value is -1.75. The molecule has 0 unspecified atom stereocenters. The van der Waals surface area contributed by atoms with Gasteiger partial charge in [0.2, 0.25) is 11.7 Å². The summed E-state index contributed by atoms with van der Waals surface area (Å²) in [5.41, 5.74) is 6.11. The number of benzene rings is 1. The van der Waals surface area contributed by atoms with Crippen molar-refractivity contribution < 1.29 is 14.3 Å². The lowest BCUT2D eigenvalue weighted by atomic mass is 10.2. The summed E-state index contributed by atoms with van der Waals surface area (Å²) in [4.78, 5) is 11.7. The largest absolute Gasteiger partial charge is 0.449 e. The Kier molecular flexibility index (Phi) is 3.95. The molecule has 0 atom stereocenters. The third-order valence-corrected chi connectivity index (χ3v) is 2.80. The number of amides is 1. The van der Waals surface area contributed by atoms with E-state index in [9.17, 15) is 4.79 Å². The second kappa shape index (κ2) is 5.48. The van der Waals surface area contributed by atoms with E-state index in [0.717, 1.165) is 18.5 Å². The summed E-state index contributed by atoms with van der Waals surface area (Å²) in [5, 5.41) is 2.84. The van der Waals surface area contributed by atoms with Crippen LogP contribution in [0.5, 0.6) is 11.5 Å². The highest BCUT2D eigenvalue weighted by Crippen LogP contribution is 2.40. The SMILES string of the molecule is CC1(C)Oc2ccc(NC(=O)CCCCN)cc2O1. The van der Waals surface area contributed by atoms with Gasteiger partial charge in [-0.2, -0.15) is 0 Å². The van der Waals surface area contributed by atoms with Crippen LogP contribution in [0.4, 0.5) is 5.69 Å². The molecule has 0 aliphatic carbocycles. The van der Waals surface area contributed by atoms with Crippen LogP contribution in [0.15, 0.2) is 18.2 Å². The molecule has 0 saturated carbocycles. The molecule has 1 heterocycles. The van der Waals surface area contributed by atoms with Crippen LogP contribution in [0.1, 0.15) is 33.1 Å². The zero-order valence-corrected chi connectivity index (χ0v) is 11.4. The van der Waals surface area contributed by atoms with Gasteiger partial charge in [-0.25, -0.2) is 0 Å². The fourth-order valence-corrected chi connectivity index (χ4v) is 1.95. The Morgan fingerprint density at radius 3 is 2.74 bits per heavy atom. The van der Waals surface area contributed by atoms with Gasteiger partial charge in [-0.1, -0.05) is 0 Å². The van der Waals surface area contributed by atoms with Gasteiger partial charge in [-0.15, -0.1) is 0 Å². The number of fused-ring (bicyclic) bond motifs is 1. The number of rotatable bonds is 5. The molecule has 5 nitrogen and oxygen atoms in total. The Balaban J connectivity index is 1.95. The fraction of sp³-hybridized carbons (Fsp3) is 0.500. The first-order valence-electron chi connectivity index (χ1n) is 6.52. The molecule has 19 heavy (non-hydrogen) atoms. The molecule has 1 amide bonds. The van der Waals surface area contributed by atoms with Gasteiger partial charge >= 0.3 is 0 Å². The van der Waals surface area contributed by atoms with Gasteiger partial charge in [-0.3, -0.25) is 4.79 Å². The lowest BCUT2D eigenvalue weighted by Gasteiger charge is -2.16. The van der Waals surface area contributed by atoms with Gasteiger partial charge in [0.25, 0.3) is 0 Å². The molecule has 3 N–H and O–H groups in total. The standard InChI is InChI=1S/C14H20N2O3/c1-14(2)18-11-7-6-10(9-12(11)19-14)16-13(17)5-3-4-8-15/h6-7,9H,3-5,8,15H2,1-2H3,(H,16,17). The summed E-state index contributed by atoms with van der Waals surface area (Å²) < 4.78 is 11.2. The van der Waals surface area contributed by atoms with E-state index in [1.165, 1.54) is 0 Å². The molecule has 0 saturated heterocycles. The maximum absolute atomic E-state index is 11.7. The molecule has 0 bridgehead atoms. The second-order valence-corrected chi connectivity index (χ2v) is 5.06. The molecule has 0 fully saturated rings. The second-order valence-electron chi connectivity index (χ2n) is 5.06. The quantitative estimate of drug-likeness (QED) is 0.800. The molecule has 1 aliphatic rings. The molecule has 1 aromatic rings. The van der Waals surface area contributed by atoms with Crippen LogP contribution in [-0.2, 0) is 4.79 Å². The summed E-state index contributed by atoms with van der Waals surface area (Å²) in [5.74, 6) is 0.703. The van der Waals surface area contributed by atoms with E-state index >= 15 is 0 Å². The minimum atomic E-state index is -0.647. The van der Waals surface area contributed by atoms with Crippen molar-refractivity contribution in [2.24, 2.45) is 5.73 Å². The highest BCUT2D eigenvalue weighted by Gasteiger charge is 2.31. The summed E-state index contributed by atoms with van der Waals surface area (Å²) in [6, 6.07) is 5.40. The molecule has 1 aromatic carbocycles. The first-order chi connectivity index (χ1) is 9.00. The Labute approximate surface area is 113 Å². The zero-order chi connectivity index (χ0) is 13.9. The van der Waals surface area contributed by atoms with Crippen LogP contribution >= 0.6 is 0 Å². The van der Waals surface area contributed by atoms with Gasteiger partial charge < -0.3 is 20.5 Å². The van der Waals surface area contributed by atoms with Crippen LogP contribution in [0.25, 0.3) is 0 Å². The molecular weight excluding hydrogens is 244 g/mol. The smallest absolute Gasteiger partial charge is 0.246 e.